The summed E-state index contributed by atoms with van der Waals surface area (Å²) in [6.45, 7) is 4.15. The van der Waals surface area contributed by atoms with E-state index < -0.39 is 0 Å². The predicted octanol–water partition coefficient (Wildman–Crippen LogP) is 4.76. The first-order valence-electron chi connectivity index (χ1n) is 9.24. The lowest BCUT2D eigenvalue weighted by Crippen LogP contribution is -2.19. The minimum absolute atomic E-state index is 0.0219. The number of aromatic nitrogens is 2. The molecule has 0 unspecified atom stereocenters. The summed E-state index contributed by atoms with van der Waals surface area (Å²) in [7, 11) is 0. The highest BCUT2D eigenvalue weighted by molar-refractivity contribution is 8.01. The van der Waals surface area contributed by atoms with Crippen LogP contribution in [0.2, 0.25) is 0 Å². The lowest BCUT2D eigenvalue weighted by atomic mass is 9.99. The van der Waals surface area contributed by atoms with Gasteiger partial charge in [-0.2, -0.15) is 0 Å². The highest BCUT2D eigenvalue weighted by Crippen LogP contribution is 2.29. The van der Waals surface area contributed by atoms with Gasteiger partial charge in [0.2, 0.25) is 11.0 Å². The summed E-state index contributed by atoms with van der Waals surface area (Å²) >= 11 is 2.81. The maximum Gasteiger partial charge on any atom is 0.224 e. The van der Waals surface area contributed by atoms with Crippen molar-refractivity contribution in [3.05, 3.63) is 58.7 Å². The van der Waals surface area contributed by atoms with Crippen molar-refractivity contribution in [3.8, 4) is 0 Å². The second kappa shape index (κ2) is 8.34. The number of nitrogens with zero attached hydrogens (tertiary/aromatic N) is 2. The van der Waals surface area contributed by atoms with E-state index in [2.05, 4.69) is 46.8 Å². The number of thioether (sulfide) groups is 1. The fourth-order valence-corrected chi connectivity index (χ4v) is 4.70. The van der Waals surface area contributed by atoms with Gasteiger partial charge >= 0.3 is 0 Å². The maximum atomic E-state index is 12.6. The lowest BCUT2D eigenvalue weighted by molar-refractivity contribution is -0.116. The molecule has 0 spiro atoms. The molecule has 1 aliphatic rings. The van der Waals surface area contributed by atoms with E-state index in [1.807, 2.05) is 12.1 Å². The molecule has 8 heteroatoms. The second-order valence-electron chi connectivity index (χ2n) is 6.93. The zero-order chi connectivity index (χ0) is 20.4. The van der Waals surface area contributed by atoms with Crippen molar-refractivity contribution in [2.24, 2.45) is 0 Å². The first-order valence-corrected chi connectivity index (χ1v) is 11.0. The third-order valence-electron chi connectivity index (χ3n) is 4.81. The molecule has 2 aromatic carbocycles. The zero-order valence-electron chi connectivity index (χ0n) is 16.1. The van der Waals surface area contributed by atoms with Gasteiger partial charge in [-0.05, 0) is 67.3 Å². The quantitative estimate of drug-likeness (QED) is 0.438. The molecule has 148 valence electrons. The van der Waals surface area contributed by atoms with Crippen LogP contribution in [-0.2, 0) is 11.2 Å². The van der Waals surface area contributed by atoms with E-state index in [0.29, 0.717) is 29.3 Å². The van der Waals surface area contributed by atoms with Crippen LogP contribution in [0.25, 0.3) is 0 Å². The number of anilines is 3. The summed E-state index contributed by atoms with van der Waals surface area (Å²) in [5.41, 5.74) is 5.90. The normalized spacial score (nSPS) is 13.0. The number of fused-ring (bicyclic) bond motifs is 1. The van der Waals surface area contributed by atoms with Gasteiger partial charge in [0.05, 0.1) is 5.75 Å². The Bertz CT molecular complexity index is 1090. The molecule has 0 atom stereocenters. The molecule has 0 aliphatic carbocycles. The van der Waals surface area contributed by atoms with Crippen LogP contribution in [-0.4, -0.2) is 27.6 Å². The Labute approximate surface area is 177 Å². The van der Waals surface area contributed by atoms with Gasteiger partial charge in [-0.25, -0.2) is 0 Å². The Morgan fingerprint density at radius 1 is 1.14 bits per heavy atom. The van der Waals surface area contributed by atoms with Crippen LogP contribution in [0.3, 0.4) is 0 Å². The van der Waals surface area contributed by atoms with E-state index >= 15 is 0 Å². The largest absolute Gasteiger partial charge is 0.330 e. The van der Waals surface area contributed by atoms with Gasteiger partial charge in [-0.1, -0.05) is 29.2 Å². The molecule has 1 aromatic heterocycles. The van der Waals surface area contributed by atoms with E-state index in [0.717, 1.165) is 21.3 Å². The van der Waals surface area contributed by atoms with Gasteiger partial charge in [0.1, 0.15) is 0 Å². The third-order valence-corrected chi connectivity index (χ3v) is 6.79. The number of carbonyl (C=O) groups excluding carboxylic acids is 2. The molecular formula is C21H20N4O2S2. The van der Waals surface area contributed by atoms with Crippen LogP contribution in [0.15, 0.2) is 40.7 Å². The number of ketones is 1. The number of hydrogen-bond acceptors (Lipinski definition) is 7. The molecule has 0 saturated carbocycles. The fourth-order valence-electron chi connectivity index (χ4n) is 3.03. The molecule has 0 bridgehead atoms. The summed E-state index contributed by atoms with van der Waals surface area (Å²) in [4.78, 5) is 24.0. The molecule has 4 rings (SSSR count). The summed E-state index contributed by atoms with van der Waals surface area (Å²) in [5.74, 6) is 0.353. The van der Waals surface area contributed by atoms with Gasteiger partial charge in [-0.3, -0.25) is 9.59 Å². The first-order chi connectivity index (χ1) is 14.0. The van der Waals surface area contributed by atoms with Gasteiger partial charge in [-0.15, -0.1) is 10.2 Å². The van der Waals surface area contributed by atoms with Gasteiger partial charge < -0.3 is 10.6 Å². The molecular weight excluding hydrogens is 404 g/mol. The van der Waals surface area contributed by atoms with E-state index in [4.69, 9.17) is 0 Å². The summed E-state index contributed by atoms with van der Waals surface area (Å²) in [5, 5.41) is 15.1. The molecule has 0 radical (unpaired) electrons. The van der Waals surface area contributed by atoms with Gasteiger partial charge in [0, 0.05) is 23.4 Å². The van der Waals surface area contributed by atoms with E-state index in [-0.39, 0.29) is 11.7 Å². The van der Waals surface area contributed by atoms with Gasteiger partial charge in [0.15, 0.2) is 10.1 Å². The molecule has 2 heterocycles. The average Bonchev–Trinajstić information content (AvgIpc) is 3.16. The fraction of sp³-hybridized carbons (Fsp3) is 0.238. The molecule has 3 aromatic rings. The summed E-state index contributed by atoms with van der Waals surface area (Å²) in [6.07, 6.45) is 1.12. The summed E-state index contributed by atoms with van der Waals surface area (Å²) in [6, 6.07) is 11.6. The molecule has 29 heavy (non-hydrogen) atoms. The highest BCUT2D eigenvalue weighted by atomic mass is 32.2. The highest BCUT2D eigenvalue weighted by Gasteiger charge is 2.17. The monoisotopic (exact) mass is 424 g/mol. The zero-order valence-corrected chi connectivity index (χ0v) is 17.7. The Balaban J connectivity index is 1.36. The molecule has 6 nitrogen and oxygen atoms in total. The molecule has 1 amide bonds. The van der Waals surface area contributed by atoms with Crippen molar-refractivity contribution in [1.29, 1.82) is 0 Å². The van der Waals surface area contributed by atoms with E-state index in [9.17, 15) is 9.59 Å². The maximum absolute atomic E-state index is 12.6. The number of rotatable bonds is 6. The molecule has 2 N–H and O–H groups in total. The van der Waals surface area contributed by atoms with E-state index in [1.165, 1.54) is 34.2 Å². The Morgan fingerprint density at radius 3 is 2.83 bits per heavy atom. The van der Waals surface area contributed by atoms with Crippen LogP contribution in [0.4, 0.5) is 16.5 Å². The number of Topliss-reactive ketones (excluding diaryl/α,β-unsaturated/α-hetero) is 1. The molecule has 0 saturated heterocycles. The predicted molar refractivity (Wildman–Crippen MR) is 118 cm³/mol. The number of carbonyl (C=O) groups is 2. The van der Waals surface area contributed by atoms with E-state index in [1.54, 1.807) is 12.1 Å². The Hall–Kier alpha value is -2.71. The third kappa shape index (κ3) is 4.65. The van der Waals surface area contributed by atoms with Crippen molar-refractivity contribution >= 4 is 51.3 Å². The van der Waals surface area contributed by atoms with Crippen molar-refractivity contribution in [2.45, 2.75) is 31.0 Å². The van der Waals surface area contributed by atoms with Crippen LogP contribution in [0.5, 0.6) is 0 Å². The number of aryl methyl sites for hydroxylation is 3. The Kier molecular flexibility index (Phi) is 5.64. The standard InChI is InChI=1S/C21H20N4O2S2/c1-12-3-6-16(9-13(12)2)22-20-24-25-21(29-20)28-11-18(26)15-4-7-17-14(10-15)5-8-19(27)23-17/h3-4,6-7,9-10H,5,8,11H2,1-2H3,(H,22,24)(H,23,27). The summed E-state index contributed by atoms with van der Waals surface area (Å²) < 4.78 is 0.745. The minimum Gasteiger partial charge on any atom is -0.330 e. The van der Waals surface area contributed by atoms with Gasteiger partial charge in [0.25, 0.3) is 0 Å². The lowest BCUT2D eigenvalue weighted by Gasteiger charge is -2.17. The number of hydrogen-bond donors (Lipinski definition) is 2. The average molecular weight is 425 g/mol. The van der Waals surface area contributed by atoms with Crippen LogP contribution < -0.4 is 10.6 Å². The SMILES string of the molecule is Cc1ccc(Nc2nnc(SCC(=O)c3ccc4c(c3)CCC(=O)N4)s2)cc1C. The topological polar surface area (TPSA) is 84.0 Å². The van der Waals surface area contributed by atoms with Crippen LogP contribution in [0, 0.1) is 13.8 Å². The minimum atomic E-state index is 0.0219. The second-order valence-corrected chi connectivity index (χ2v) is 9.13. The number of amides is 1. The number of benzene rings is 2. The Morgan fingerprint density at radius 2 is 2.00 bits per heavy atom. The van der Waals surface area contributed by atoms with Crippen molar-refractivity contribution < 1.29 is 9.59 Å². The smallest absolute Gasteiger partial charge is 0.224 e. The van der Waals surface area contributed by atoms with Crippen LogP contribution in [0.1, 0.15) is 33.5 Å². The molecule has 1 aliphatic heterocycles. The van der Waals surface area contributed by atoms with Crippen molar-refractivity contribution in [1.82, 2.24) is 10.2 Å². The van der Waals surface area contributed by atoms with Crippen LogP contribution >= 0.6 is 23.1 Å². The van der Waals surface area contributed by atoms with Crippen molar-refractivity contribution in [3.63, 3.8) is 0 Å². The van der Waals surface area contributed by atoms with Crippen molar-refractivity contribution in [2.75, 3.05) is 16.4 Å². The molecule has 0 fully saturated rings. The number of nitrogens with one attached hydrogen (secondary N) is 2. The first kappa shape index (κ1) is 19.6.